The van der Waals surface area contributed by atoms with Gasteiger partial charge >= 0.3 is 0 Å². The Kier molecular flexibility index (Phi) is 6.46. The number of halogens is 1. The molecular formula is C21H28BrN3O+2. The zero-order valence-corrected chi connectivity index (χ0v) is 17.2. The Balaban J connectivity index is 1.48. The van der Waals surface area contributed by atoms with Gasteiger partial charge in [0.1, 0.15) is 32.7 Å². The van der Waals surface area contributed by atoms with Gasteiger partial charge in [-0.2, -0.15) is 0 Å². The van der Waals surface area contributed by atoms with Gasteiger partial charge in [-0.1, -0.05) is 52.3 Å². The van der Waals surface area contributed by atoms with E-state index in [1.807, 2.05) is 32.0 Å². The largest absolute Gasteiger partial charge is 0.322 e. The fourth-order valence-corrected chi connectivity index (χ4v) is 4.07. The summed E-state index contributed by atoms with van der Waals surface area (Å²) in [6.45, 7) is 9.97. The summed E-state index contributed by atoms with van der Waals surface area (Å²) in [5.41, 5.74) is 4.57. The second-order valence-corrected chi connectivity index (χ2v) is 8.11. The van der Waals surface area contributed by atoms with Gasteiger partial charge in [-0.15, -0.1) is 0 Å². The first kappa shape index (κ1) is 19.1. The molecule has 0 bridgehead atoms. The summed E-state index contributed by atoms with van der Waals surface area (Å²) in [6.07, 6.45) is 0. The summed E-state index contributed by atoms with van der Waals surface area (Å²) in [4.78, 5) is 15.4. The lowest BCUT2D eigenvalue weighted by Gasteiger charge is -2.29. The van der Waals surface area contributed by atoms with Crippen LogP contribution in [0.3, 0.4) is 0 Å². The Morgan fingerprint density at radius 3 is 2.23 bits per heavy atom. The number of aryl methyl sites for hydroxylation is 2. The third kappa shape index (κ3) is 4.93. The van der Waals surface area contributed by atoms with Crippen molar-refractivity contribution in [1.29, 1.82) is 0 Å². The number of carbonyl (C=O) groups excluding carboxylic acids is 1. The molecule has 0 saturated carbocycles. The zero-order valence-electron chi connectivity index (χ0n) is 15.6. The van der Waals surface area contributed by atoms with Crippen LogP contribution < -0.4 is 15.1 Å². The minimum absolute atomic E-state index is 0.117. The van der Waals surface area contributed by atoms with E-state index in [1.54, 1.807) is 4.90 Å². The Hall–Kier alpha value is -1.69. The molecule has 0 atom stereocenters. The molecule has 0 aromatic heterocycles. The van der Waals surface area contributed by atoms with Gasteiger partial charge < -0.3 is 15.1 Å². The number of quaternary nitrogens is 2. The maximum Gasteiger partial charge on any atom is 0.279 e. The van der Waals surface area contributed by atoms with E-state index in [0.717, 1.165) is 49.5 Å². The van der Waals surface area contributed by atoms with E-state index in [4.69, 9.17) is 0 Å². The van der Waals surface area contributed by atoms with E-state index in [1.165, 1.54) is 14.9 Å². The highest BCUT2D eigenvalue weighted by Crippen LogP contribution is 2.19. The molecule has 2 aromatic carbocycles. The van der Waals surface area contributed by atoms with Gasteiger partial charge in [-0.05, 0) is 31.0 Å². The number of amides is 1. The van der Waals surface area contributed by atoms with Gasteiger partial charge in [-0.3, -0.25) is 4.79 Å². The molecule has 4 nitrogen and oxygen atoms in total. The average molecular weight is 418 g/mol. The highest BCUT2D eigenvalue weighted by atomic mass is 79.9. The van der Waals surface area contributed by atoms with E-state index in [0.29, 0.717) is 6.54 Å². The Morgan fingerprint density at radius 1 is 0.962 bits per heavy atom. The highest BCUT2D eigenvalue weighted by molar-refractivity contribution is 9.10. The highest BCUT2D eigenvalue weighted by Gasteiger charge is 2.25. The maximum absolute atomic E-state index is 12.5. The van der Waals surface area contributed by atoms with Crippen molar-refractivity contribution in [3.05, 3.63) is 63.6 Å². The molecule has 2 aromatic rings. The van der Waals surface area contributed by atoms with Gasteiger partial charge in [0.15, 0.2) is 6.54 Å². The van der Waals surface area contributed by atoms with E-state index in [9.17, 15) is 4.79 Å². The predicted molar refractivity (Wildman–Crippen MR) is 109 cm³/mol. The molecule has 1 heterocycles. The van der Waals surface area contributed by atoms with Crippen molar-refractivity contribution in [2.75, 3.05) is 38.0 Å². The van der Waals surface area contributed by atoms with Crippen LogP contribution >= 0.6 is 15.9 Å². The van der Waals surface area contributed by atoms with Crippen molar-refractivity contribution in [3.63, 3.8) is 0 Å². The summed E-state index contributed by atoms with van der Waals surface area (Å²) >= 11 is 3.64. The standard InChI is InChI=1S/C21H26BrN3O/c1-16-6-5-7-17(2)21(16)23-20(26)15-25-12-10-24(11-13-25)14-18-8-3-4-9-19(18)22/h3-9H,10-15H2,1-2H3,(H,23,26)/p+2. The van der Waals surface area contributed by atoms with Crippen molar-refractivity contribution in [2.45, 2.75) is 20.4 Å². The fraction of sp³-hybridized carbons (Fsp3) is 0.381. The van der Waals surface area contributed by atoms with Crippen molar-refractivity contribution in [2.24, 2.45) is 0 Å². The van der Waals surface area contributed by atoms with Crippen LogP contribution in [-0.2, 0) is 11.3 Å². The van der Waals surface area contributed by atoms with Gasteiger partial charge in [0.2, 0.25) is 0 Å². The lowest BCUT2D eigenvalue weighted by molar-refractivity contribution is -1.02. The molecule has 1 saturated heterocycles. The first-order valence-electron chi connectivity index (χ1n) is 9.29. The normalized spacial score (nSPS) is 20.0. The molecule has 1 amide bonds. The number of anilines is 1. The smallest absolute Gasteiger partial charge is 0.279 e. The van der Waals surface area contributed by atoms with Gasteiger partial charge in [0.25, 0.3) is 5.91 Å². The van der Waals surface area contributed by atoms with Crippen LogP contribution in [0.4, 0.5) is 5.69 Å². The first-order chi connectivity index (χ1) is 12.5. The minimum atomic E-state index is 0.117. The maximum atomic E-state index is 12.5. The average Bonchev–Trinajstić information content (AvgIpc) is 2.62. The Bertz CT molecular complexity index is 749. The van der Waals surface area contributed by atoms with Crippen molar-refractivity contribution in [3.8, 4) is 0 Å². The van der Waals surface area contributed by atoms with E-state index < -0.39 is 0 Å². The molecule has 1 aliphatic rings. The van der Waals surface area contributed by atoms with Crippen molar-refractivity contribution < 1.29 is 14.6 Å². The summed E-state index contributed by atoms with van der Waals surface area (Å²) in [5.74, 6) is 0.117. The molecule has 138 valence electrons. The summed E-state index contributed by atoms with van der Waals surface area (Å²) in [5, 5.41) is 3.11. The fourth-order valence-electron chi connectivity index (χ4n) is 3.64. The van der Waals surface area contributed by atoms with Gasteiger partial charge in [0.05, 0.1) is 0 Å². The number of rotatable bonds is 5. The summed E-state index contributed by atoms with van der Waals surface area (Å²) in [7, 11) is 0. The number of benzene rings is 2. The van der Waals surface area contributed by atoms with Crippen LogP contribution in [0, 0.1) is 13.8 Å². The Labute approximate surface area is 164 Å². The molecule has 3 N–H and O–H groups in total. The number of para-hydroxylation sites is 1. The van der Waals surface area contributed by atoms with Crippen LogP contribution in [0.25, 0.3) is 0 Å². The molecular weight excluding hydrogens is 390 g/mol. The molecule has 1 fully saturated rings. The summed E-state index contributed by atoms with van der Waals surface area (Å²) < 4.78 is 1.19. The number of piperazine rings is 1. The Morgan fingerprint density at radius 2 is 1.58 bits per heavy atom. The minimum Gasteiger partial charge on any atom is -0.322 e. The van der Waals surface area contributed by atoms with Crippen LogP contribution in [0.15, 0.2) is 46.9 Å². The number of carbonyl (C=O) groups is 1. The zero-order chi connectivity index (χ0) is 18.5. The topological polar surface area (TPSA) is 38.0 Å². The van der Waals surface area contributed by atoms with Crippen molar-refractivity contribution >= 4 is 27.5 Å². The monoisotopic (exact) mass is 417 g/mol. The van der Waals surface area contributed by atoms with E-state index in [2.05, 4.69) is 45.5 Å². The van der Waals surface area contributed by atoms with E-state index >= 15 is 0 Å². The SMILES string of the molecule is Cc1cccc(C)c1NC(=O)C[NH+]1CC[NH+](Cc2ccccc2Br)CC1. The molecule has 0 unspecified atom stereocenters. The van der Waals surface area contributed by atoms with Crippen LogP contribution in [-0.4, -0.2) is 38.6 Å². The van der Waals surface area contributed by atoms with Crippen molar-refractivity contribution in [1.82, 2.24) is 0 Å². The lowest BCUT2D eigenvalue weighted by atomic mass is 10.1. The molecule has 1 aliphatic heterocycles. The van der Waals surface area contributed by atoms with Crippen LogP contribution in [0.1, 0.15) is 16.7 Å². The van der Waals surface area contributed by atoms with Crippen LogP contribution in [0.5, 0.6) is 0 Å². The third-order valence-electron chi connectivity index (χ3n) is 5.22. The molecule has 26 heavy (non-hydrogen) atoms. The first-order valence-corrected chi connectivity index (χ1v) is 10.1. The molecule has 0 aliphatic carbocycles. The van der Waals surface area contributed by atoms with E-state index in [-0.39, 0.29) is 5.91 Å². The number of hydrogen-bond donors (Lipinski definition) is 3. The predicted octanol–water partition coefficient (Wildman–Crippen LogP) is 0.988. The lowest BCUT2D eigenvalue weighted by Crippen LogP contribution is -3.28. The van der Waals surface area contributed by atoms with Gasteiger partial charge in [-0.25, -0.2) is 0 Å². The molecule has 0 radical (unpaired) electrons. The summed E-state index contributed by atoms with van der Waals surface area (Å²) in [6, 6.07) is 14.6. The molecule has 5 heteroatoms. The third-order valence-corrected chi connectivity index (χ3v) is 5.99. The number of nitrogens with one attached hydrogen (secondary N) is 3. The molecule has 0 spiro atoms. The second-order valence-electron chi connectivity index (χ2n) is 7.26. The van der Waals surface area contributed by atoms with Gasteiger partial charge in [0, 0.05) is 15.7 Å². The van der Waals surface area contributed by atoms with Crippen LogP contribution in [0.2, 0.25) is 0 Å². The second kappa shape index (κ2) is 8.80. The number of hydrogen-bond acceptors (Lipinski definition) is 1. The quantitative estimate of drug-likeness (QED) is 0.666. The molecule has 3 rings (SSSR count).